The summed E-state index contributed by atoms with van der Waals surface area (Å²) in [7, 11) is 0. The number of nitrogens with one attached hydrogen (secondary N) is 1. The minimum absolute atomic E-state index is 0.0659. The summed E-state index contributed by atoms with van der Waals surface area (Å²) in [5.74, 6) is -0.601. The maximum absolute atomic E-state index is 14.8. The highest BCUT2D eigenvalue weighted by Crippen LogP contribution is 2.25. The standard InChI is InChI=1S/C21H23FN2O3S/c1-3-26-7-4-8-27-18-10-14(2)9-15(21(18)22)11-20(25)24-16-5-6-17-19(12-16)28-13-23-17/h5-6,9-10,12-13H,3-4,7-8,11H2,1-2H3,(H,24,25). The van der Waals surface area contributed by atoms with Gasteiger partial charge in [0.1, 0.15) is 0 Å². The van der Waals surface area contributed by atoms with Gasteiger partial charge in [-0.2, -0.15) is 0 Å². The van der Waals surface area contributed by atoms with E-state index in [-0.39, 0.29) is 18.1 Å². The normalized spacial score (nSPS) is 11.0. The van der Waals surface area contributed by atoms with Gasteiger partial charge in [-0.05, 0) is 43.7 Å². The van der Waals surface area contributed by atoms with Crippen molar-refractivity contribution in [1.82, 2.24) is 4.98 Å². The fourth-order valence-corrected chi connectivity index (χ4v) is 3.56. The van der Waals surface area contributed by atoms with Crippen molar-refractivity contribution in [2.45, 2.75) is 26.7 Å². The summed E-state index contributed by atoms with van der Waals surface area (Å²) in [6, 6.07) is 8.83. The van der Waals surface area contributed by atoms with E-state index in [1.165, 1.54) is 11.3 Å². The van der Waals surface area contributed by atoms with Crippen LogP contribution in [0.25, 0.3) is 10.2 Å². The fourth-order valence-electron chi connectivity index (χ4n) is 2.84. The number of anilines is 1. The van der Waals surface area contributed by atoms with Crippen molar-refractivity contribution in [3.63, 3.8) is 0 Å². The molecule has 0 atom stereocenters. The van der Waals surface area contributed by atoms with Crippen LogP contribution in [0.5, 0.6) is 5.75 Å². The van der Waals surface area contributed by atoms with E-state index < -0.39 is 5.82 Å². The van der Waals surface area contributed by atoms with Crippen LogP contribution in [0, 0.1) is 12.7 Å². The third kappa shape index (κ3) is 5.27. The number of rotatable bonds is 9. The molecule has 3 aromatic rings. The summed E-state index contributed by atoms with van der Waals surface area (Å²) in [5.41, 5.74) is 4.47. The number of hydrogen-bond acceptors (Lipinski definition) is 5. The lowest BCUT2D eigenvalue weighted by Gasteiger charge is -2.12. The predicted octanol–water partition coefficient (Wildman–Crippen LogP) is 4.73. The molecule has 0 aliphatic heterocycles. The van der Waals surface area contributed by atoms with Gasteiger partial charge in [0.25, 0.3) is 0 Å². The number of carbonyl (C=O) groups is 1. The smallest absolute Gasteiger partial charge is 0.228 e. The summed E-state index contributed by atoms with van der Waals surface area (Å²) in [6.07, 6.45) is 0.612. The molecule has 1 N–H and O–H groups in total. The Kier molecular flexibility index (Phi) is 6.95. The third-order valence-corrected chi connectivity index (χ3v) is 4.91. The van der Waals surface area contributed by atoms with E-state index in [4.69, 9.17) is 9.47 Å². The Hall–Kier alpha value is -2.51. The molecule has 0 radical (unpaired) electrons. The van der Waals surface area contributed by atoms with Crippen molar-refractivity contribution in [2.75, 3.05) is 25.1 Å². The highest BCUT2D eigenvalue weighted by atomic mass is 32.1. The summed E-state index contributed by atoms with van der Waals surface area (Å²) >= 11 is 1.50. The molecule has 0 unspecified atom stereocenters. The summed E-state index contributed by atoms with van der Waals surface area (Å²) < 4.78 is 26.5. The SMILES string of the molecule is CCOCCCOc1cc(C)cc(CC(=O)Nc2ccc3ncsc3c2)c1F. The van der Waals surface area contributed by atoms with Crippen LogP contribution in [0.4, 0.5) is 10.1 Å². The zero-order chi connectivity index (χ0) is 19.9. The van der Waals surface area contributed by atoms with Gasteiger partial charge in [0.05, 0.1) is 28.8 Å². The van der Waals surface area contributed by atoms with Crippen LogP contribution in [0.15, 0.2) is 35.8 Å². The van der Waals surface area contributed by atoms with Crippen LogP contribution in [0.3, 0.4) is 0 Å². The van der Waals surface area contributed by atoms with Crippen molar-refractivity contribution in [3.8, 4) is 5.75 Å². The van der Waals surface area contributed by atoms with Gasteiger partial charge in [0.15, 0.2) is 11.6 Å². The number of hydrogen-bond donors (Lipinski definition) is 1. The molecule has 0 saturated heterocycles. The molecule has 1 aromatic heterocycles. The number of fused-ring (bicyclic) bond motifs is 1. The Morgan fingerprint density at radius 3 is 2.93 bits per heavy atom. The molecule has 2 aromatic carbocycles. The number of benzene rings is 2. The molecular weight excluding hydrogens is 379 g/mol. The lowest BCUT2D eigenvalue weighted by atomic mass is 10.1. The second-order valence-corrected chi connectivity index (χ2v) is 7.28. The second kappa shape index (κ2) is 9.61. The molecule has 0 bridgehead atoms. The lowest BCUT2D eigenvalue weighted by Crippen LogP contribution is -2.16. The largest absolute Gasteiger partial charge is 0.490 e. The zero-order valence-corrected chi connectivity index (χ0v) is 16.8. The minimum atomic E-state index is -0.491. The Labute approximate surface area is 167 Å². The number of halogens is 1. The van der Waals surface area contributed by atoms with Crippen molar-refractivity contribution >= 4 is 33.1 Å². The van der Waals surface area contributed by atoms with E-state index in [1.54, 1.807) is 23.7 Å². The highest BCUT2D eigenvalue weighted by molar-refractivity contribution is 7.16. The number of aryl methyl sites for hydroxylation is 1. The Bertz CT molecular complexity index is 958. The number of carbonyl (C=O) groups excluding carboxylic acids is 1. The van der Waals surface area contributed by atoms with Gasteiger partial charge in [0.2, 0.25) is 5.91 Å². The van der Waals surface area contributed by atoms with Gasteiger partial charge in [-0.15, -0.1) is 11.3 Å². The summed E-state index contributed by atoms with van der Waals surface area (Å²) in [4.78, 5) is 16.6. The van der Waals surface area contributed by atoms with E-state index in [1.807, 2.05) is 26.0 Å². The number of amides is 1. The molecule has 0 aliphatic rings. The first-order chi connectivity index (χ1) is 13.6. The quantitative estimate of drug-likeness (QED) is 0.526. The molecule has 5 nitrogen and oxygen atoms in total. The van der Waals surface area contributed by atoms with Crippen molar-refractivity contribution in [3.05, 3.63) is 52.8 Å². The van der Waals surface area contributed by atoms with Crippen LogP contribution in [0.1, 0.15) is 24.5 Å². The Morgan fingerprint density at radius 2 is 2.11 bits per heavy atom. The minimum Gasteiger partial charge on any atom is -0.490 e. The van der Waals surface area contributed by atoms with Gasteiger partial charge in [-0.25, -0.2) is 9.37 Å². The van der Waals surface area contributed by atoms with E-state index in [9.17, 15) is 9.18 Å². The molecule has 1 heterocycles. The highest BCUT2D eigenvalue weighted by Gasteiger charge is 2.15. The number of ether oxygens (including phenoxy) is 2. The molecule has 1 amide bonds. The summed E-state index contributed by atoms with van der Waals surface area (Å²) in [6.45, 7) is 5.36. The van der Waals surface area contributed by atoms with E-state index in [2.05, 4.69) is 10.3 Å². The van der Waals surface area contributed by atoms with Crippen LogP contribution in [0.2, 0.25) is 0 Å². The van der Waals surface area contributed by atoms with E-state index in [0.29, 0.717) is 37.5 Å². The van der Waals surface area contributed by atoms with Crippen molar-refractivity contribution in [2.24, 2.45) is 0 Å². The molecule has 7 heteroatoms. The van der Waals surface area contributed by atoms with E-state index in [0.717, 1.165) is 15.8 Å². The van der Waals surface area contributed by atoms with Gasteiger partial charge in [-0.3, -0.25) is 4.79 Å². The molecule has 0 aliphatic carbocycles. The monoisotopic (exact) mass is 402 g/mol. The first kappa shape index (κ1) is 20.2. The molecule has 28 heavy (non-hydrogen) atoms. The molecule has 148 valence electrons. The summed E-state index contributed by atoms with van der Waals surface area (Å²) in [5, 5.41) is 2.82. The lowest BCUT2D eigenvalue weighted by molar-refractivity contribution is -0.115. The van der Waals surface area contributed by atoms with Gasteiger partial charge in [0, 0.05) is 30.9 Å². The molecule has 0 fully saturated rings. The fraction of sp³-hybridized carbons (Fsp3) is 0.333. The number of nitrogens with zero attached hydrogens (tertiary/aromatic N) is 1. The average molecular weight is 402 g/mol. The molecule has 0 spiro atoms. The second-order valence-electron chi connectivity index (χ2n) is 6.39. The number of thiazole rings is 1. The average Bonchev–Trinajstić information content (AvgIpc) is 3.12. The maximum atomic E-state index is 14.8. The van der Waals surface area contributed by atoms with Gasteiger partial charge >= 0.3 is 0 Å². The Morgan fingerprint density at radius 1 is 1.25 bits per heavy atom. The third-order valence-electron chi connectivity index (χ3n) is 4.12. The van der Waals surface area contributed by atoms with Crippen molar-refractivity contribution in [1.29, 1.82) is 0 Å². The topological polar surface area (TPSA) is 60.5 Å². The molecule has 0 saturated carbocycles. The number of aromatic nitrogens is 1. The molecular formula is C21H23FN2O3S. The van der Waals surface area contributed by atoms with E-state index >= 15 is 0 Å². The van der Waals surface area contributed by atoms with Crippen LogP contribution >= 0.6 is 11.3 Å². The van der Waals surface area contributed by atoms with Crippen molar-refractivity contribution < 1.29 is 18.7 Å². The predicted molar refractivity (Wildman–Crippen MR) is 110 cm³/mol. The van der Waals surface area contributed by atoms with Crippen LogP contribution in [-0.4, -0.2) is 30.7 Å². The van der Waals surface area contributed by atoms with Gasteiger partial charge < -0.3 is 14.8 Å². The first-order valence-corrected chi connectivity index (χ1v) is 10.1. The zero-order valence-electron chi connectivity index (χ0n) is 16.0. The molecule has 3 rings (SSSR count). The van der Waals surface area contributed by atoms with Crippen LogP contribution < -0.4 is 10.1 Å². The van der Waals surface area contributed by atoms with Gasteiger partial charge in [-0.1, -0.05) is 6.07 Å². The Balaban J connectivity index is 1.64. The maximum Gasteiger partial charge on any atom is 0.228 e. The first-order valence-electron chi connectivity index (χ1n) is 9.19. The van der Waals surface area contributed by atoms with Crippen LogP contribution in [-0.2, 0) is 16.0 Å².